The minimum absolute atomic E-state index is 0.0116. The van der Waals surface area contributed by atoms with Gasteiger partial charge in [-0.2, -0.15) is 0 Å². The average Bonchev–Trinajstić information content (AvgIpc) is 3.57. The lowest BCUT2D eigenvalue weighted by atomic mass is 9.74. The van der Waals surface area contributed by atoms with Gasteiger partial charge in [-0.05, 0) is 36.5 Å². The van der Waals surface area contributed by atoms with E-state index in [9.17, 15) is 39.9 Å². The Morgan fingerprint density at radius 3 is 2.40 bits per heavy atom. The van der Waals surface area contributed by atoms with Gasteiger partial charge in [-0.25, -0.2) is 0 Å². The predicted molar refractivity (Wildman–Crippen MR) is 185 cm³/mol. The molecular formula is C37H41N5O11. The summed E-state index contributed by atoms with van der Waals surface area (Å²) in [4.78, 5) is 43.0. The third kappa shape index (κ3) is 5.96. The molecule has 16 nitrogen and oxygen atoms in total. The van der Waals surface area contributed by atoms with Gasteiger partial charge < -0.3 is 50.0 Å². The molecule has 1 amide bonds. The zero-order valence-electron chi connectivity index (χ0n) is 28.4. The number of phenols is 1. The first-order chi connectivity index (χ1) is 25.6. The van der Waals surface area contributed by atoms with E-state index in [1.54, 1.807) is 18.2 Å². The second-order valence-electron chi connectivity index (χ2n) is 14.0. The van der Waals surface area contributed by atoms with E-state index in [1.165, 1.54) is 12.1 Å². The van der Waals surface area contributed by atoms with Crippen molar-refractivity contribution in [3.05, 3.63) is 88.0 Å². The highest BCUT2D eigenvalue weighted by Crippen LogP contribution is 2.51. The number of anilines is 1. The van der Waals surface area contributed by atoms with Gasteiger partial charge in [0, 0.05) is 40.5 Å². The fourth-order valence-corrected chi connectivity index (χ4v) is 8.30. The largest absolute Gasteiger partial charge is 0.504 e. The van der Waals surface area contributed by atoms with Crippen molar-refractivity contribution in [2.45, 2.75) is 68.0 Å². The molecule has 0 spiro atoms. The summed E-state index contributed by atoms with van der Waals surface area (Å²) >= 11 is 0. The molecule has 4 aliphatic heterocycles. The minimum atomic E-state index is -1.79. The van der Waals surface area contributed by atoms with Crippen LogP contribution in [0, 0.1) is 5.92 Å². The number of rotatable bonds is 5. The molecule has 1 aliphatic carbocycles. The van der Waals surface area contributed by atoms with Crippen LogP contribution < -0.4 is 31.3 Å². The lowest BCUT2D eigenvalue weighted by molar-refractivity contribution is -0.280. The molecule has 53 heavy (non-hydrogen) atoms. The molecule has 4 heterocycles. The highest BCUT2D eigenvalue weighted by molar-refractivity contribution is 6.29. The van der Waals surface area contributed by atoms with E-state index in [1.807, 2.05) is 29.2 Å². The quantitative estimate of drug-likeness (QED) is 0.119. The molecule has 280 valence electrons. The molecule has 10 atom stereocenters. The van der Waals surface area contributed by atoms with E-state index in [0.29, 0.717) is 24.1 Å². The van der Waals surface area contributed by atoms with Crippen molar-refractivity contribution in [3.63, 3.8) is 0 Å². The number of ketones is 2. The SMILES string of the molecule is N[C@H]1NC(=O)[C@H]2NCN(c3ccccc3[C@H]3c4cc5c(c(O)c4O[C@H]4O[C@@H](COC[C@@H]3CCCO)[C@H](O)[C@@H](O)[C@@H]4O)C(=O)c3ccccc3C5=O)[C@H]2N1. The van der Waals surface area contributed by atoms with E-state index in [-0.39, 0.29) is 66.0 Å². The Kier molecular flexibility index (Phi) is 9.42. The first-order valence-electron chi connectivity index (χ1n) is 17.6. The summed E-state index contributed by atoms with van der Waals surface area (Å²) in [5, 5.41) is 64.0. The number of nitrogens with zero attached hydrogens (tertiary/aromatic N) is 1. The smallest absolute Gasteiger partial charge is 0.242 e. The molecule has 0 aromatic heterocycles. The van der Waals surface area contributed by atoms with E-state index in [4.69, 9.17) is 19.9 Å². The maximum absolute atomic E-state index is 14.2. The molecule has 3 aromatic carbocycles. The van der Waals surface area contributed by atoms with Crippen LogP contribution in [0.1, 0.15) is 61.7 Å². The Balaban J connectivity index is 1.36. The standard InChI is InChI=1S/C37H41N5O11/c38-37-40-34-26(35(50)41-37)39-15-42(34)22-10-4-3-9-19(22)24-16(6-5-11-43)13-51-14-23-29(46)31(48)32(49)36(52-23)53-33-21(24)12-20-25(30(33)47)28(45)18-8-2-1-7-17(18)27(20)44/h1-4,7-10,12,16,23-24,26,29,31-32,34,36-37,39-40,43,46-49H,5-6,11,13-15,38H2,(H,41,50)/t16-,23-,24-,26-,29-,31+,32-,34+,36+,37+/m0/s1. The van der Waals surface area contributed by atoms with Crippen LogP contribution in [-0.2, 0) is 14.3 Å². The van der Waals surface area contributed by atoms with Crippen LogP contribution >= 0.6 is 0 Å². The Bertz CT molecular complexity index is 1940. The number of aliphatic hydroxyl groups excluding tert-OH is 4. The van der Waals surface area contributed by atoms with Gasteiger partial charge in [0.2, 0.25) is 12.2 Å². The van der Waals surface area contributed by atoms with Crippen LogP contribution in [0.15, 0.2) is 54.6 Å². The summed E-state index contributed by atoms with van der Waals surface area (Å²) in [5.74, 6) is -3.63. The Morgan fingerprint density at radius 2 is 1.62 bits per heavy atom. The number of fused-ring (bicyclic) bond motifs is 6. The number of carbonyl (C=O) groups excluding carboxylic acids is 3. The highest BCUT2D eigenvalue weighted by atomic mass is 16.7. The average molecular weight is 732 g/mol. The molecule has 16 heteroatoms. The molecule has 3 aromatic rings. The van der Waals surface area contributed by atoms with Crippen LogP contribution in [0.3, 0.4) is 0 Å². The van der Waals surface area contributed by atoms with Crippen molar-refractivity contribution >= 4 is 23.2 Å². The number of amides is 1. The van der Waals surface area contributed by atoms with Crippen molar-refractivity contribution in [2.24, 2.45) is 11.7 Å². The number of aromatic hydroxyl groups is 1. The van der Waals surface area contributed by atoms with Crippen molar-refractivity contribution in [2.75, 3.05) is 31.4 Å². The number of aliphatic hydroxyl groups is 4. The van der Waals surface area contributed by atoms with E-state index < -0.39 is 78.4 Å². The van der Waals surface area contributed by atoms with Crippen LogP contribution in [-0.4, -0.2) is 119 Å². The van der Waals surface area contributed by atoms with Gasteiger partial charge in [0.1, 0.15) is 42.9 Å². The fraction of sp³-hybridized carbons (Fsp3) is 0.432. The number of para-hydroxylation sites is 1. The maximum atomic E-state index is 14.2. The number of nitrogens with two attached hydrogens (primary N) is 1. The van der Waals surface area contributed by atoms with E-state index >= 15 is 0 Å². The number of hydrogen-bond acceptors (Lipinski definition) is 15. The Hall–Kier alpha value is -4.49. The lowest BCUT2D eigenvalue weighted by Crippen LogP contribution is -2.70. The molecule has 2 bridgehead atoms. The van der Waals surface area contributed by atoms with Gasteiger partial charge in [-0.1, -0.05) is 42.5 Å². The van der Waals surface area contributed by atoms with Crippen LogP contribution in [0.25, 0.3) is 0 Å². The summed E-state index contributed by atoms with van der Waals surface area (Å²) in [7, 11) is 0. The molecule has 3 saturated heterocycles. The number of hydrogen-bond donors (Lipinski definition) is 9. The zero-order chi connectivity index (χ0) is 37.1. The Labute approximate surface area is 303 Å². The number of benzene rings is 3. The lowest BCUT2D eigenvalue weighted by Gasteiger charge is -2.40. The molecule has 10 N–H and O–H groups in total. The minimum Gasteiger partial charge on any atom is -0.504 e. The second kappa shape index (κ2) is 14.1. The molecule has 0 saturated carbocycles. The van der Waals surface area contributed by atoms with E-state index in [2.05, 4.69) is 16.0 Å². The summed E-state index contributed by atoms with van der Waals surface area (Å²) in [5.41, 5.74) is 7.59. The first kappa shape index (κ1) is 35.5. The molecule has 0 radical (unpaired) electrons. The first-order valence-corrected chi connectivity index (χ1v) is 17.6. The van der Waals surface area contributed by atoms with Gasteiger partial charge in [0.15, 0.2) is 23.1 Å². The van der Waals surface area contributed by atoms with Crippen LogP contribution in [0.5, 0.6) is 11.5 Å². The van der Waals surface area contributed by atoms with Crippen molar-refractivity contribution in [3.8, 4) is 11.5 Å². The van der Waals surface area contributed by atoms with Crippen LogP contribution in [0.4, 0.5) is 5.69 Å². The van der Waals surface area contributed by atoms with Gasteiger partial charge in [0.25, 0.3) is 0 Å². The summed E-state index contributed by atoms with van der Waals surface area (Å²) < 4.78 is 18.4. The predicted octanol–water partition coefficient (Wildman–Crippen LogP) is -1.07. The summed E-state index contributed by atoms with van der Waals surface area (Å²) in [6.07, 6.45) is -8.55. The van der Waals surface area contributed by atoms with Gasteiger partial charge in [-0.15, -0.1) is 0 Å². The topological polar surface area (TPSA) is 245 Å². The normalized spacial score (nSPS) is 32.4. The number of ether oxygens (including phenoxy) is 3. The molecule has 3 fully saturated rings. The molecule has 0 unspecified atom stereocenters. The third-order valence-electron chi connectivity index (χ3n) is 10.9. The summed E-state index contributed by atoms with van der Waals surface area (Å²) in [6, 6.07) is 14.5. The molecule has 5 aliphatic rings. The Morgan fingerprint density at radius 1 is 0.887 bits per heavy atom. The van der Waals surface area contributed by atoms with Crippen molar-refractivity contribution in [1.29, 1.82) is 0 Å². The maximum Gasteiger partial charge on any atom is 0.242 e. The fourth-order valence-electron chi connectivity index (χ4n) is 8.30. The number of phenolic OH excluding ortho intramolecular Hbond substituents is 1. The van der Waals surface area contributed by atoms with Crippen molar-refractivity contribution in [1.82, 2.24) is 16.0 Å². The third-order valence-corrected chi connectivity index (χ3v) is 10.9. The number of nitrogens with one attached hydrogen (secondary N) is 3. The number of carbonyl (C=O) groups is 3. The monoisotopic (exact) mass is 731 g/mol. The second-order valence-corrected chi connectivity index (χ2v) is 14.0. The summed E-state index contributed by atoms with van der Waals surface area (Å²) in [6.45, 7) is -0.116. The van der Waals surface area contributed by atoms with Gasteiger partial charge in [-0.3, -0.25) is 30.8 Å². The van der Waals surface area contributed by atoms with Crippen molar-refractivity contribution < 1.29 is 54.1 Å². The van der Waals surface area contributed by atoms with Gasteiger partial charge >= 0.3 is 0 Å². The van der Waals surface area contributed by atoms with Gasteiger partial charge in [0.05, 0.1) is 25.4 Å². The molecule has 8 rings (SSSR count). The zero-order valence-corrected chi connectivity index (χ0v) is 28.4. The van der Waals surface area contributed by atoms with Crippen LogP contribution in [0.2, 0.25) is 0 Å². The molecular weight excluding hydrogens is 690 g/mol. The highest BCUT2D eigenvalue weighted by Gasteiger charge is 2.48. The van der Waals surface area contributed by atoms with E-state index in [0.717, 1.165) is 0 Å².